The first-order valence-electron chi connectivity index (χ1n) is 8.78. The van der Waals surface area contributed by atoms with Gasteiger partial charge >= 0.3 is 0 Å². The Morgan fingerprint density at radius 2 is 2.00 bits per heavy atom. The Balaban J connectivity index is 1.50. The Bertz CT molecular complexity index is 757. The number of hydrogen-bond donors (Lipinski definition) is 0. The summed E-state index contributed by atoms with van der Waals surface area (Å²) >= 11 is 0. The van der Waals surface area contributed by atoms with Crippen molar-refractivity contribution >= 4 is 0 Å². The maximum atomic E-state index is 12.4. The maximum absolute atomic E-state index is 12.4. The molecule has 0 N–H and O–H groups in total. The average Bonchev–Trinajstić information content (AvgIpc) is 2.63. The van der Waals surface area contributed by atoms with E-state index in [1.54, 1.807) is 10.7 Å². The van der Waals surface area contributed by atoms with Crippen LogP contribution >= 0.6 is 0 Å². The van der Waals surface area contributed by atoms with Crippen LogP contribution in [0.4, 0.5) is 0 Å². The average molecular weight is 325 g/mol. The molecule has 126 valence electrons. The number of fused-ring (bicyclic) bond motifs is 1. The molecule has 0 amide bonds. The van der Waals surface area contributed by atoms with Gasteiger partial charge in [0.15, 0.2) is 0 Å². The van der Waals surface area contributed by atoms with E-state index in [0.717, 1.165) is 37.2 Å². The molecular weight excluding hydrogens is 302 g/mol. The van der Waals surface area contributed by atoms with E-state index in [2.05, 4.69) is 22.1 Å². The van der Waals surface area contributed by atoms with Crippen LogP contribution in [0, 0.1) is 0 Å². The van der Waals surface area contributed by atoms with Crippen molar-refractivity contribution in [3.05, 3.63) is 63.6 Å². The molecule has 2 aromatic rings. The maximum Gasteiger partial charge on any atom is 0.268 e. The lowest BCUT2D eigenvalue weighted by molar-refractivity contribution is -0.0423. The highest BCUT2D eigenvalue weighted by molar-refractivity contribution is 5.20. The Labute approximate surface area is 141 Å². The van der Waals surface area contributed by atoms with Gasteiger partial charge in [-0.2, -0.15) is 5.10 Å². The molecule has 0 bridgehead atoms. The topological polar surface area (TPSA) is 47.4 Å². The Hall–Kier alpha value is -1.98. The molecule has 24 heavy (non-hydrogen) atoms. The summed E-state index contributed by atoms with van der Waals surface area (Å²) in [6, 6.07) is 12.1. The van der Waals surface area contributed by atoms with E-state index in [1.165, 1.54) is 18.4 Å². The van der Waals surface area contributed by atoms with Crippen molar-refractivity contribution in [2.75, 3.05) is 19.7 Å². The molecule has 1 fully saturated rings. The molecule has 0 saturated carbocycles. The summed E-state index contributed by atoms with van der Waals surface area (Å²) in [6.45, 7) is 2.84. The molecule has 1 aliphatic carbocycles. The van der Waals surface area contributed by atoms with Gasteiger partial charge in [-0.05, 0) is 36.8 Å². The monoisotopic (exact) mass is 325 g/mol. The van der Waals surface area contributed by atoms with Crippen molar-refractivity contribution in [1.29, 1.82) is 0 Å². The number of aromatic nitrogens is 2. The number of hydrogen-bond acceptors (Lipinski definition) is 4. The van der Waals surface area contributed by atoms with Crippen LogP contribution in [0.25, 0.3) is 0 Å². The Morgan fingerprint density at radius 1 is 1.17 bits per heavy atom. The fourth-order valence-corrected chi connectivity index (χ4v) is 3.59. The molecule has 5 heteroatoms. The number of ether oxygens (including phenoxy) is 1. The van der Waals surface area contributed by atoms with Gasteiger partial charge in [-0.3, -0.25) is 9.69 Å². The third kappa shape index (κ3) is 3.28. The van der Waals surface area contributed by atoms with E-state index < -0.39 is 0 Å². The van der Waals surface area contributed by atoms with Gasteiger partial charge < -0.3 is 4.74 Å². The molecule has 0 radical (unpaired) electrons. The van der Waals surface area contributed by atoms with Gasteiger partial charge in [-0.15, -0.1) is 0 Å². The van der Waals surface area contributed by atoms with Crippen molar-refractivity contribution < 1.29 is 4.74 Å². The van der Waals surface area contributed by atoms with Crippen LogP contribution in [0.1, 0.15) is 35.8 Å². The molecule has 4 rings (SSSR count). The van der Waals surface area contributed by atoms with Crippen LogP contribution in [0.15, 0.2) is 41.2 Å². The van der Waals surface area contributed by atoms with E-state index in [4.69, 9.17) is 4.74 Å². The molecular formula is C19H23N3O2. The lowest BCUT2D eigenvalue weighted by Crippen LogP contribution is -2.42. The summed E-state index contributed by atoms with van der Waals surface area (Å²) in [4.78, 5) is 14.6. The van der Waals surface area contributed by atoms with E-state index >= 15 is 0 Å². The molecule has 2 heterocycles. The van der Waals surface area contributed by atoms with Gasteiger partial charge in [0.1, 0.15) is 0 Å². The van der Waals surface area contributed by atoms with Gasteiger partial charge in [0.25, 0.3) is 5.56 Å². The zero-order chi connectivity index (χ0) is 16.4. The lowest BCUT2D eigenvalue weighted by Gasteiger charge is -2.33. The van der Waals surface area contributed by atoms with E-state index in [-0.39, 0.29) is 11.7 Å². The van der Waals surface area contributed by atoms with Crippen molar-refractivity contribution in [3.63, 3.8) is 0 Å². The fourth-order valence-electron chi connectivity index (χ4n) is 3.59. The molecule has 1 aliphatic heterocycles. The second kappa shape index (κ2) is 6.87. The van der Waals surface area contributed by atoms with Crippen LogP contribution < -0.4 is 5.56 Å². The van der Waals surface area contributed by atoms with Crippen molar-refractivity contribution in [2.45, 2.75) is 38.5 Å². The molecule has 1 aromatic carbocycles. The van der Waals surface area contributed by atoms with Crippen LogP contribution in [0.2, 0.25) is 0 Å². The fraction of sp³-hybridized carbons (Fsp3) is 0.474. The first-order valence-corrected chi connectivity index (χ1v) is 8.78. The molecule has 0 spiro atoms. The van der Waals surface area contributed by atoms with E-state index in [0.29, 0.717) is 13.3 Å². The molecule has 2 aliphatic rings. The number of benzene rings is 1. The summed E-state index contributed by atoms with van der Waals surface area (Å²) < 4.78 is 7.53. The van der Waals surface area contributed by atoms with Gasteiger partial charge in [0.05, 0.1) is 25.1 Å². The first kappa shape index (κ1) is 15.5. The first-order chi connectivity index (χ1) is 11.8. The number of rotatable bonds is 3. The predicted molar refractivity (Wildman–Crippen MR) is 91.8 cm³/mol. The van der Waals surface area contributed by atoms with Crippen molar-refractivity contribution in [3.8, 4) is 0 Å². The van der Waals surface area contributed by atoms with Crippen LogP contribution in [-0.4, -0.2) is 34.4 Å². The summed E-state index contributed by atoms with van der Waals surface area (Å²) in [5.74, 6) is 0. The molecule has 1 aromatic heterocycles. The second-order valence-electron chi connectivity index (χ2n) is 6.65. The minimum absolute atomic E-state index is 0.0124. The second-order valence-corrected chi connectivity index (χ2v) is 6.65. The summed E-state index contributed by atoms with van der Waals surface area (Å²) in [5, 5.41) is 4.63. The standard InChI is InChI=1S/C19H23N3O2/c23-19-12-16-8-4-5-9-17(16)20-22(19)14-21-10-11-24-18(13-21)15-6-2-1-3-7-15/h1-3,6-7,12,18H,4-5,8-11,13-14H2/t18-/m0/s1. The number of aryl methyl sites for hydroxylation is 2. The number of nitrogens with zero attached hydrogens (tertiary/aromatic N) is 3. The molecule has 1 saturated heterocycles. The normalized spacial score (nSPS) is 21.4. The van der Waals surface area contributed by atoms with Crippen LogP contribution in [-0.2, 0) is 24.2 Å². The van der Waals surface area contributed by atoms with Crippen LogP contribution in [0.3, 0.4) is 0 Å². The Kier molecular flexibility index (Phi) is 4.45. The van der Waals surface area contributed by atoms with Gasteiger partial charge in [-0.1, -0.05) is 30.3 Å². The summed E-state index contributed by atoms with van der Waals surface area (Å²) in [5.41, 5.74) is 3.45. The highest BCUT2D eigenvalue weighted by Crippen LogP contribution is 2.22. The van der Waals surface area contributed by atoms with Gasteiger partial charge in [0.2, 0.25) is 0 Å². The third-order valence-electron chi connectivity index (χ3n) is 4.93. The van der Waals surface area contributed by atoms with Gasteiger partial charge in [0, 0.05) is 19.2 Å². The quantitative estimate of drug-likeness (QED) is 0.867. The zero-order valence-electron chi connectivity index (χ0n) is 13.9. The lowest BCUT2D eigenvalue weighted by atomic mass is 9.97. The zero-order valence-corrected chi connectivity index (χ0v) is 13.9. The highest BCUT2D eigenvalue weighted by Gasteiger charge is 2.23. The minimum Gasteiger partial charge on any atom is -0.371 e. The molecule has 5 nitrogen and oxygen atoms in total. The minimum atomic E-state index is 0.0124. The SMILES string of the molecule is O=c1cc2c(nn1CN1CCO[C@H](c3ccccc3)C1)CCCC2. The highest BCUT2D eigenvalue weighted by atomic mass is 16.5. The van der Waals surface area contributed by atoms with Crippen molar-refractivity contribution in [2.24, 2.45) is 0 Å². The number of morpholine rings is 1. The Morgan fingerprint density at radius 3 is 2.88 bits per heavy atom. The van der Waals surface area contributed by atoms with E-state index in [9.17, 15) is 4.79 Å². The van der Waals surface area contributed by atoms with Gasteiger partial charge in [-0.25, -0.2) is 4.68 Å². The molecule has 0 unspecified atom stereocenters. The smallest absolute Gasteiger partial charge is 0.268 e. The van der Waals surface area contributed by atoms with Crippen molar-refractivity contribution in [1.82, 2.24) is 14.7 Å². The summed E-state index contributed by atoms with van der Waals surface area (Å²) in [6.07, 6.45) is 4.39. The largest absolute Gasteiger partial charge is 0.371 e. The summed E-state index contributed by atoms with van der Waals surface area (Å²) in [7, 11) is 0. The predicted octanol–water partition coefficient (Wildman–Crippen LogP) is 2.15. The third-order valence-corrected chi connectivity index (χ3v) is 4.93. The molecule has 1 atom stereocenters. The van der Waals surface area contributed by atoms with Crippen LogP contribution in [0.5, 0.6) is 0 Å². The van der Waals surface area contributed by atoms with E-state index in [1.807, 2.05) is 18.2 Å².